The highest BCUT2D eigenvalue weighted by molar-refractivity contribution is 7.09. The Balaban J connectivity index is 1.74. The summed E-state index contributed by atoms with van der Waals surface area (Å²) in [5.41, 5.74) is 2.86. The molecule has 0 aliphatic heterocycles. The first-order valence-electron chi connectivity index (χ1n) is 7.82. The van der Waals surface area contributed by atoms with Crippen LogP contribution in [0.4, 0.5) is 0 Å². The van der Waals surface area contributed by atoms with Crippen molar-refractivity contribution in [2.45, 2.75) is 32.7 Å². The Morgan fingerprint density at radius 3 is 2.72 bits per heavy atom. The molecule has 3 aromatic rings. The van der Waals surface area contributed by atoms with E-state index in [-0.39, 0.29) is 12.3 Å². The lowest BCUT2D eigenvalue weighted by Gasteiger charge is -2.03. The summed E-state index contributed by atoms with van der Waals surface area (Å²) in [4.78, 5) is 17.8. The van der Waals surface area contributed by atoms with E-state index in [1.807, 2.05) is 42.6 Å². The largest absolute Gasteiger partial charge is 0.296 e. The number of hydrogen-bond donors (Lipinski definition) is 0. The first-order valence-corrected chi connectivity index (χ1v) is 8.70. The summed E-state index contributed by atoms with van der Waals surface area (Å²) in [6.45, 7) is 3.80. The average Bonchev–Trinajstić information content (AvgIpc) is 3.25. The second-order valence-corrected chi connectivity index (χ2v) is 6.44. The number of carbonyl (C=O) groups is 1. The smallest absolute Gasteiger partial charge is 0.204 e. The third kappa shape index (κ3) is 3.78. The third-order valence-corrected chi connectivity index (χ3v) is 4.73. The lowest BCUT2D eigenvalue weighted by molar-refractivity contribution is -0.120. The Labute approximate surface area is 148 Å². The fourth-order valence-corrected chi connectivity index (χ4v) is 3.18. The van der Waals surface area contributed by atoms with Crippen LogP contribution < -0.4 is 0 Å². The van der Waals surface area contributed by atoms with Gasteiger partial charge in [0.25, 0.3) is 0 Å². The van der Waals surface area contributed by atoms with Crippen LogP contribution in [0.1, 0.15) is 29.1 Å². The fourth-order valence-electron chi connectivity index (χ4n) is 2.32. The van der Waals surface area contributed by atoms with Gasteiger partial charge >= 0.3 is 0 Å². The average molecular weight is 352 g/mol. The Morgan fingerprint density at radius 2 is 2.12 bits per heavy atom. The number of aromatic nitrogens is 5. The molecule has 0 amide bonds. The summed E-state index contributed by atoms with van der Waals surface area (Å²) < 4.78 is 0. The van der Waals surface area contributed by atoms with Gasteiger partial charge < -0.3 is 0 Å². The highest BCUT2D eigenvalue weighted by atomic mass is 32.1. The van der Waals surface area contributed by atoms with E-state index in [1.165, 1.54) is 21.7 Å². The van der Waals surface area contributed by atoms with Gasteiger partial charge in [0, 0.05) is 16.6 Å². The van der Waals surface area contributed by atoms with Gasteiger partial charge in [-0.25, -0.2) is 4.98 Å². The molecule has 0 unspecified atom stereocenters. The first kappa shape index (κ1) is 16.9. The first-order chi connectivity index (χ1) is 12.1. The van der Waals surface area contributed by atoms with Crippen LogP contribution in [-0.2, 0) is 17.8 Å². The molecular weight excluding hydrogens is 336 g/mol. The number of thiazole rings is 1. The van der Waals surface area contributed by atoms with Gasteiger partial charge in [0.15, 0.2) is 11.7 Å². The molecule has 0 spiro atoms. The molecule has 7 nitrogen and oxygen atoms in total. The number of ketones is 1. The Morgan fingerprint density at radius 1 is 1.36 bits per heavy atom. The normalized spacial score (nSPS) is 11.9. The topological polar surface area (TPSA) is 97.3 Å². The van der Waals surface area contributed by atoms with Crippen LogP contribution in [-0.4, -0.2) is 31.0 Å². The minimum atomic E-state index is -0.906. The summed E-state index contributed by atoms with van der Waals surface area (Å²) in [5, 5.41) is 23.8. The predicted molar refractivity (Wildman–Crippen MR) is 92.8 cm³/mol. The second kappa shape index (κ2) is 7.32. The lowest BCUT2D eigenvalue weighted by Crippen LogP contribution is -2.19. The molecule has 2 aromatic heterocycles. The maximum absolute atomic E-state index is 12.4. The van der Waals surface area contributed by atoms with Crippen molar-refractivity contribution in [3.63, 3.8) is 0 Å². The van der Waals surface area contributed by atoms with Gasteiger partial charge in [-0.2, -0.15) is 10.1 Å². The van der Waals surface area contributed by atoms with Crippen molar-refractivity contribution in [3.05, 3.63) is 45.9 Å². The number of Topliss-reactive ketones (excluding diaryl/α,β-unsaturated/α-hetero) is 1. The van der Waals surface area contributed by atoms with Crippen molar-refractivity contribution >= 4 is 17.1 Å². The highest BCUT2D eigenvalue weighted by Gasteiger charge is 2.24. The van der Waals surface area contributed by atoms with Crippen LogP contribution in [0.25, 0.3) is 11.4 Å². The number of nitrogens with zero attached hydrogens (tertiary/aromatic N) is 6. The summed E-state index contributed by atoms with van der Waals surface area (Å²) in [5.74, 6) is -0.756. The van der Waals surface area contributed by atoms with Gasteiger partial charge in [0.2, 0.25) is 5.82 Å². The number of nitriles is 1. The standard InChI is InChI=1S/C17H16N6OS/c1-3-12-4-6-13(7-5-12)16-20-22-23(21-16)9-15(24)14(8-18)17-19-11(2)10-25-17/h4-7,10,14H,3,9H2,1-2H3/t14-/m0/s1. The number of rotatable bonds is 6. The van der Waals surface area contributed by atoms with Gasteiger partial charge in [0.05, 0.1) is 6.07 Å². The molecule has 1 aromatic carbocycles. The zero-order chi connectivity index (χ0) is 17.8. The minimum Gasteiger partial charge on any atom is -0.296 e. The van der Waals surface area contributed by atoms with Crippen molar-refractivity contribution in [3.8, 4) is 17.5 Å². The van der Waals surface area contributed by atoms with Crippen LogP contribution >= 0.6 is 11.3 Å². The van der Waals surface area contributed by atoms with E-state index < -0.39 is 5.92 Å². The monoisotopic (exact) mass is 352 g/mol. The molecule has 0 radical (unpaired) electrons. The van der Waals surface area contributed by atoms with Crippen molar-refractivity contribution in [2.24, 2.45) is 0 Å². The number of carbonyl (C=O) groups excluding carboxylic acids is 1. The molecule has 25 heavy (non-hydrogen) atoms. The Bertz CT molecular complexity index is 921. The van der Waals surface area contributed by atoms with Crippen molar-refractivity contribution in [1.29, 1.82) is 5.26 Å². The molecule has 3 rings (SSSR count). The van der Waals surface area contributed by atoms with E-state index in [2.05, 4.69) is 27.3 Å². The molecule has 0 aliphatic carbocycles. The zero-order valence-electron chi connectivity index (χ0n) is 13.9. The Kier molecular flexibility index (Phi) is 4.95. The van der Waals surface area contributed by atoms with Crippen molar-refractivity contribution < 1.29 is 4.79 Å². The van der Waals surface area contributed by atoms with Crippen LogP contribution in [0.2, 0.25) is 0 Å². The third-order valence-electron chi connectivity index (χ3n) is 3.71. The maximum Gasteiger partial charge on any atom is 0.204 e. The molecule has 0 N–H and O–H groups in total. The summed E-state index contributed by atoms with van der Waals surface area (Å²) >= 11 is 1.31. The number of tetrazole rings is 1. The molecule has 8 heteroatoms. The summed E-state index contributed by atoms with van der Waals surface area (Å²) in [6, 6.07) is 9.89. The SMILES string of the molecule is CCc1ccc(-c2nnn(CC(=O)[C@H](C#N)c3nc(C)cs3)n2)cc1. The van der Waals surface area contributed by atoms with E-state index in [4.69, 9.17) is 0 Å². The summed E-state index contributed by atoms with van der Waals surface area (Å²) in [7, 11) is 0. The number of hydrogen-bond acceptors (Lipinski definition) is 7. The fraction of sp³-hybridized carbons (Fsp3) is 0.294. The zero-order valence-corrected chi connectivity index (χ0v) is 14.7. The van der Waals surface area contributed by atoms with Gasteiger partial charge in [-0.3, -0.25) is 4.79 Å². The molecule has 0 fully saturated rings. The van der Waals surface area contributed by atoms with Gasteiger partial charge in [0.1, 0.15) is 11.6 Å². The molecule has 0 aliphatic rings. The van der Waals surface area contributed by atoms with E-state index >= 15 is 0 Å². The van der Waals surface area contributed by atoms with Crippen molar-refractivity contribution in [2.75, 3.05) is 0 Å². The lowest BCUT2D eigenvalue weighted by atomic mass is 10.1. The highest BCUT2D eigenvalue weighted by Crippen LogP contribution is 2.21. The minimum absolute atomic E-state index is 0.114. The molecule has 126 valence electrons. The van der Waals surface area contributed by atoms with E-state index in [9.17, 15) is 10.1 Å². The predicted octanol–water partition coefficient (Wildman–Crippen LogP) is 2.54. The van der Waals surface area contributed by atoms with E-state index in [1.54, 1.807) is 0 Å². The quantitative estimate of drug-likeness (QED) is 0.676. The van der Waals surface area contributed by atoms with Crippen LogP contribution in [0.15, 0.2) is 29.6 Å². The maximum atomic E-state index is 12.4. The van der Waals surface area contributed by atoms with Gasteiger partial charge in [-0.1, -0.05) is 31.2 Å². The van der Waals surface area contributed by atoms with E-state index in [0.29, 0.717) is 10.8 Å². The molecular formula is C17H16N6OS. The van der Waals surface area contributed by atoms with Gasteiger partial charge in [-0.05, 0) is 24.1 Å². The molecule has 1 atom stereocenters. The van der Waals surface area contributed by atoms with Crippen LogP contribution in [0.3, 0.4) is 0 Å². The van der Waals surface area contributed by atoms with E-state index in [0.717, 1.165) is 17.7 Å². The van der Waals surface area contributed by atoms with Gasteiger partial charge in [-0.15, -0.1) is 21.5 Å². The summed E-state index contributed by atoms with van der Waals surface area (Å²) in [6.07, 6.45) is 0.959. The number of aryl methyl sites for hydroxylation is 2. The molecule has 2 heterocycles. The second-order valence-electron chi connectivity index (χ2n) is 5.55. The number of benzene rings is 1. The van der Waals surface area contributed by atoms with Crippen LogP contribution in [0.5, 0.6) is 0 Å². The van der Waals surface area contributed by atoms with Crippen molar-refractivity contribution in [1.82, 2.24) is 25.2 Å². The Hall–Kier alpha value is -2.92. The molecule has 0 saturated heterocycles. The van der Waals surface area contributed by atoms with Crippen LogP contribution in [0, 0.1) is 18.3 Å². The molecule has 0 saturated carbocycles. The molecule has 0 bridgehead atoms.